The zero-order valence-electron chi connectivity index (χ0n) is 10.3. The molecule has 20 heavy (non-hydrogen) atoms. The molecule has 0 radical (unpaired) electrons. The van der Waals surface area contributed by atoms with Crippen molar-refractivity contribution in [3.63, 3.8) is 0 Å². The average molecular weight is 280 g/mol. The van der Waals surface area contributed by atoms with Gasteiger partial charge < -0.3 is 5.32 Å². The first kappa shape index (κ1) is 13.9. The second-order valence-electron chi connectivity index (χ2n) is 4.08. The minimum atomic E-state index is -1.55. The smallest absolute Gasteiger partial charge is 0.185 e. The van der Waals surface area contributed by atoms with Crippen LogP contribution in [0.4, 0.5) is 28.9 Å². The number of aryl methyl sites for hydroxylation is 1. The highest BCUT2D eigenvalue weighted by molar-refractivity contribution is 5.70. The molecule has 0 heterocycles. The first-order chi connectivity index (χ1) is 9.45. The Hall–Kier alpha value is -2.55. The van der Waals surface area contributed by atoms with Gasteiger partial charge in [0.25, 0.3) is 0 Å². The number of nitrogens with zero attached hydrogens (tertiary/aromatic N) is 1. The highest BCUT2D eigenvalue weighted by Crippen LogP contribution is 2.30. The Kier molecular flexibility index (Phi) is 3.61. The first-order valence-electron chi connectivity index (χ1n) is 5.55. The molecule has 0 aliphatic carbocycles. The number of hydrogen-bond donors (Lipinski definition) is 1. The Bertz CT molecular complexity index is 694. The minimum Gasteiger partial charge on any atom is -0.349 e. The lowest BCUT2D eigenvalue weighted by Crippen LogP contribution is -2.05. The maximum atomic E-state index is 13.6. The third-order valence-corrected chi connectivity index (χ3v) is 2.76. The van der Waals surface area contributed by atoms with Crippen molar-refractivity contribution in [1.82, 2.24) is 0 Å². The van der Waals surface area contributed by atoms with Crippen LogP contribution in [0.2, 0.25) is 0 Å². The van der Waals surface area contributed by atoms with Gasteiger partial charge in [-0.25, -0.2) is 17.6 Å². The Morgan fingerprint density at radius 2 is 1.60 bits per heavy atom. The highest BCUT2D eigenvalue weighted by Gasteiger charge is 2.20. The van der Waals surface area contributed by atoms with Crippen molar-refractivity contribution in [3.05, 3.63) is 58.7 Å². The Morgan fingerprint density at radius 3 is 2.15 bits per heavy atom. The first-order valence-corrected chi connectivity index (χ1v) is 5.55. The lowest BCUT2D eigenvalue weighted by Gasteiger charge is -2.13. The monoisotopic (exact) mass is 280 g/mol. The number of nitrogens with one attached hydrogen (secondary N) is 1. The number of nitriles is 1. The molecule has 2 rings (SSSR count). The van der Waals surface area contributed by atoms with Crippen molar-refractivity contribution in [2.24, 2.45) is 0 Å². The number of benzene rings is 2. The van der Waals surface area contributed by atoms with Crippen molar-refractivity contribution in [3.8, 4) is 6.07 Å². The average Bonchev–Trinajstić information content (AvgIpc) is 2.42. The molecule has 1 N–H and O–H groups in total. The molecule has 0 saturated heterocycles. The minimum absolute atomic E-state index is 0.0952. The van der Waals surface area contributed by atoms with Crippen LogP contribution < -0.4 is 5.32 Å². The molecule has 0 unspecified atom stereocenters. The van der Waals surface area contributed by atoms with Crippen LogP contribution in [0.25, 0.3) is 0 Å². The molecule has 0 aromatic heterocycles. The van der Waals surface area contributed by atoms with Crippen LogP contribution in [0.3, 0.4) is 0 Å². The molecule has 2 nitrogen and oxygen atoms in total. The summed E-state index contributed by atoms with van der Waals surface area (Å²) in [6.07, 6.45) is 0. The van der Waals surface area contributed by atoms with E-state index in [-0.39, 0.29) is 17.3 Å². The zero-order chi connectivity index (χ0) is 14.9. The molecular formula is C14H8F4N2. The van der Waals surface area contributed by atoms with Gasteiger partial charge in [0.1, 0.15) is 11.8 Å². The molecule has 0 spiro atoms. The fourth-order valence-electron chi connectivity index (χ4n) is 1.73. The van der Waals surface area contributed by atoms with Gasteiger partial charge in [-0.05, 0) is 18.6 Å². The zero-order valence-corrected chi connectivity index (χ0v) is 10.3. The fourth-order valence-corrected chi connectivity index (χ4v) is 1.73. The molecule has 6 heteroatoms. The third-order valence-electron chi connectivity index (χ3n) is 2.76. The molecule has 2 aromatic carbocycles. The van der Waals surface area contributed by atoms with E-state index in [0.29, 0.717) is 5.56 Å². The molecule has 2 aromatic rings. The number of para-hydroxylation sites is 1. The van der Waals surface area contributed by atoms with Crippen LogP contribution in [0.5, 0.6) is 0 Å². The van der Waals surface area contributed by atoms with Gasteiger partial charge in [0.15, 0.2) is 23.3 Å². The molecule has 102 valence electrons. The van der Waals surface area contributed by atoms with Gasteiger partial charge in [0, 0.05) is 6.07 Å². The van der Waals surface area contributed by atoms with Gasteiger partial charge in [0.05, 0.1) is 11.3 Å². The fraction of sp³-hybridized carbons (Fsp3) is 0.0714. The van der Waals surface area contributed by atoms with Crippen LogP contribution in [0, 0.1) is 41.5 Å². The Balaban J connectivity index is 2.60. The van der Waals surface area contributed by atoms with Crippen LogP contribution in [-0.2, 0) is 0 Å². The van der Waals surface area contributed by atoms with E-state index in [9.17, 15) is 17.6 Å². The predicted molar refractivity (Wildman–Crippen MR) is 65.5 cm³/mol. The summed E-state index contributed by atoms with van der Waals surface area (Å²) in [7, 11) is 0. The lowest BCUT2D eigenvalue weighted by atomic mass is 10.1. The summed E-state index contributed by atoms with van der Waals surface area (Å²) in [6, 6.07) is 6.54. The maximum Gasteiger partial charge on any atom is 0.185 e. The molecule has 0 aliphatic rings. The summed E-state index contributed by atoms with van der Waals surface area (Å²) < 4.78 is 53.4. The molecule has 0 bridgehead atoms. The second kappa shape index (κ2) is 5.21. The number of anilines is 2. The van der Waals surface area contributed by atoms with E-state index in [1.807, 2.05) is 6.07 Å². The SMILES string of the molecule is Cc1cccc(C#N)c1Nc1c(F)c(F)cc(F)c1F. The van der Waals surface area contributed by atoms with Gasteiger partial charge in [0.2, 0.25) is 0 Å². The maximum absolute atomic E-state index is 13.6. The quantitative estimate of drug-likeness (QED) is 0.662. The number of halogens is 4. The van der Waals surface area contributed by atoms with Crippen LogP contribution in [0.15, 0.2) is 24.3 Å². The van der Waals surface area contributed by atoms with Gasteiger partial charge in [-0.3, -0.25) is 0 Å². The summed E-state index contributed by atoms with van der Waals surface area (Å²) in [5, 5.41) is 11.2. The van der Waals surface area contributed by atoms with Crippen molar-refractivity contribution in [1.29, 1.82) is 5.26 Å². The van der Waals surface area contributed by atoms with Crippen molar-refractivity contribution in [2.45, 2.75) is 6.92 Å². The summed E-state index contributed by atoms with van der Waals surface area (Å²) in [6.45, 7) is 1.59. The van der Waals surface area contributed by atoms with Crippen molar-refractivity contribution < 1.29 is 17.6 Å². The summed E-state index contributed by atoms with van der Waals surface area (Å²) >= 11 is 0. The Morgan fingerprint density at radius 1 is 1.00 bits per heavy atom. The van der Waals surface area contributed by atoms with E-state index in [0.717, 1.165) is 0 Å². The summed E-state index contributed by atoms with van der Waals surface area (Å²) in [5.41, 5.74) is -0.257. The molecule has 0 saturated carbocycles. The van der Waals surface area contributed by atoms with Gasteiger partial charge in [-0.1, -0.05) is 12.1 Å². The lowest BCUT2D eigenvalue weighted by molar-refractivity contribution is 0.459. The van der Waals surface area contributed by atoms with E-state index in [1.54, 1.807) is 19.1 Å². The third kappa shape index (κ3) is 2.30. The number of rotatable bonds is 2. The molecule has 0 atom stereocenters. The van der Waals surface area contributed by atoms with E-state index in [1.165, 1.54) is 6.07 Å². The summed E-state index contributed by atoms with van der Waals surface area (Å²) in [5.74, 6) is -6.12. The van der Waals surface area contributed by atoms with Gasteiger partial charge >= 0.3 is 0 Å². The van der Waals surface area contributed by atoms with Crippen LogP contribution in [-0.4, -0.2) is 0 Å². The largest absolute Gasteiger partial charge is 0.349 e. The molecule has 0 aliphatic heterocycles. The second-order valence-corrected chi connectivity index (χ2v) is 4.08. The molecule has 0 fully saturated rings. The van der Waals surface area contributed by atoms with Crippen LogP contribution in [0.1, 0.15) is 11.1 Å². The van der Waals surface area contributed by atoms with Gasteiger partial charge in [-0.15, -0.1) is 0 Å². The van der Waals surface area contributed by atoms with E-state index < -0.39 is 29.0 Å². The normalized spacial score (nSPS) is 10.2. The molecular weight excluding hydrogens is 272 g/mol. The Labute approximate surface area is 112 Å². The predicted octanol–water partition coefficient (Wildman–Crippen LogP) is 4.17. The summed E-state index contributed by atoms with van der Waals surface area (Å²) in [4.78, 5) is 0. The van der Waals surface area contributed by atoms with Crippen LogP contribution >= 0.6 is 0 Å². The van der Waals surface area contributed by atoms with Crippen molar-refractivity contribution >= 4 is 11.4 Å². The van der Waals surface area contributed by atoms with Gasteiger partial charge in [-0.2, -0.15) is 5.26 Å². The van der Waals surface area contributed by atoms with E-state index >= 15 is 0 Å². The molecule has 0 amide bonds. The topological polar surface area (TPSA) is 35.8 Å². The van der Waals surface area contributed by atoms with Crippen molar-refractivity contribution in [2.75, 3.05) is 5.32 Å². The highest BCUT2D eigenvalue weighted by atomic mass is 19.2. The van der Waals surface area contributed by atoms with E-state index in [2.05, 4.69) is 5.32 Å². The standard InChI is InChI=1S/C14H8F4N2/c1-7-3-2-4-8(6-19)13(7)20-14-11(17)9(15)5-10(16)12(14)18/h2-5,20H,1H3. The van der Waals surface area contributed by atoms with E-state index in [4.69, 9.17) is 5.26 Å². The number of hydrogen-bond acceptors (Lipinski definition) is 2.